The van der Waals surface area contributed by atoms with Gasteiger partial charge >= 0.3 is 5.97 Å². The maximum absolute atomic E-state index is 11.4. The lowest BCUT2D eigenvalue weighted by Gasteiger charge is -2.21. The smallest absolute Gasteiger partial charge is 0.309 e. The maximum Gasteiger partial charge on any atom is 0.309 e. The standard InChI is InChI=1S/C10H12N2O2S/c1-14-9(13)6-2-3-8-7(4-6)5-11-10(15)12-8/h5-6H,2-4H2,1H3,(H,11,12,15). The highest BCUT2D eigenvalue weighted by molar-refractivity contribution is 7.71. The molecule has 0 aliphatic heterocycles. The molecule has 0 saturated carbocycles. The molecular formula is C10H12N2O2S. The normalized spacial score (nSPS) is 19.4. The molecule has 1 aromatic rings. The molecule has 1 aromatic heterocycles. The third-order valence-electron chi connectivity index (χ3n) is 2.73. The van der Waals surface area contributed by atoms with Crippen LogP contribution in [-0.2, 0) is 22.4 Å². The van der Waals surface area contributed by atoms with E-state index in [1.807, 2.05) is 0 Å². The Morgan fingerprint density at radius 1 is 1.73 bits per heavy atom. The first-order valence-electron chi connectivity index (χ1n) is 4.85. The van der Waals surface area contributed by atoms with E-state index in [0.717, 1.165) is 24.1 Å². The molecule has 4 nitrogen and oxygen atoms in total. The Hall–Kier alpha value is -1.23. The van der Waals surface area contributed by atoms with Gasteiger partial charge in [-0.2, -0.15) is 0 Å². The Morgan fingerprint density at radius 2 is 2.53 bits per heavy atom. The second-order valence-electron chi connectivity index (χ2n) is 3.66. The molecule has 1 N–H and O–H groups in total. The molecular weight excluding hydrogens is 212 g/mol. The van der Waals surface area contributed by atoms with Crippen molar-refractivity contribution >= 4 is 18.2 Å². The van der Waals surface area contributed by atoms with Crippen LogP contribution in [0.4, 0.5) is 0 Å². The monoisotopic (exact) mass is 224 g/mol. The number of esters is 1. The quantitative estimate of drug-likeness (QED) is 0.579. The van der Waals surface area contributed by atoms with Crippen LogP contribution < -0.4 is 0 Å². The first-order chi connectivity index (χ1) is 7.20. The lowest BCUT2D eigenvalue weighted by Crippen LogP contribution is -2.24. The van der Waals surface area contributed by atoms with E-state index in [0.29, 0.717) is 11.2 Å². The van der Waals surface area contributed by atoms with Crippen molar-refractivity contribution in [2.24, 2.45) is 5.92 Å². The minimum atomic E-state index is -0.136. The summed E-state index contributed by atoms with van der Waals surface area (Å²) in [5, 5.41) is 0. The first-order valence-corrected chi connectivity index (χ1v) is 5.26. The molecule has 1 aliphatic carbocycles. The minimum Gasteiger partial charge on any atom is -0.469 e. The van der Waals surface area contributed by atoms with Crippen molar-refractivity contribution in [1.82, 2.24) is 9.97 Å². The summed E-state index contributed by atoms with van der Waals surface area (Å²) in [5.41, 5.74) is 2.18. The number of nitrogens with zero attached hydrogens (tertiary/aromatic N) is 1. The van der Waals surface area contributed by atoms with E-state index in [-0.39, 0.29) is 11.9 Å². The fraction of sp³-hybridized carbons (Fsp3) is 0.500. The van der Waals surface area contributed by atoms with E-state index in [1.54, 1.807) is 6.20 Å². The van der Waals surface area contributed by atoms with Crippen molar-refractivity contribution < 1.29 is 9.53 Å². The minimum absolute atomic E-state index is 0.0336. The SMILES string of the molecule is COC(=O)C1CCc2[nH]c(=S)ncc2C1. The molecule has 0 amide bonds. The van der Waals surface area contributed by atoms with E-state index in [9.17, 15) is 4.79 Å². The van der Waals surface area contributed by atoms with Gasteiger partial charge in [-0.3, -0.25) is 4.79 Å². The number of H-pyrrole nitrogens is 1. The summed E-state index contributed by atoms with van der Waals surface area (Å²) in [6, 6.07) is 0. The lowest BCUT2D eigenvalue weighted by atomic mass is 9.87. The zero-order valence-electron chi connectivity index (χ0n) is 8.45. The van der Waals surface area contributed by atoms with Crippen molar-refractivity contribution in [1.29, 1.82) is 0 Å². The molecule has 0 saturated heterocycles. The number of hydrogen-bond acceptors (Lipinski definition) is 4. The number of fused-ring (bicyclic) bond motifs is 1. The van der Waals surface area contributed by atoms with Crippen molar-refractivity contribution in [3.05, 3.63) is 22.2 Å². The number of ether oxygens (including phenoxy) is 1. The molecule has 1 atom stereocenters. The molecule has 1 aliphatic rings. The molecule has 1 unspecified atom stereocenters. The van der Waals surface area contributed by atoms with Gasteiger partial charge in [0.2, 0.25) is 0 Å². The summed E-state index contributed by atoms with van der Waals surface area (Å²) in [4.78, 5) is 18.4. The van der Waals surface area contributed by atoms with Gasteiger partial charge in [-0.15, -0.1) is 0 Å². The fourth-order valence-corrected chi connectivity index (χ4v) is 2.08. The molecule has 0 aromatic carbocycles. The molecule has 0 radical (unpaired) electrons. The van der Waals surface area contributed by atoms with Crippen LogP contribution in [0, 0.1) is 10.7 Å². The summed E-state index contributed by atoms with van der Waals surface area (Å²) < 4.78 is 5.24. The van der Waals surface area contributed by atoms with Gasteiger partial charge in [0.15, 0.2) is 4.77 Å². The predicted molar refractivity (Wildman–Crippen MR) is 57.0 cm³/mol. The lowest BCUT2D eigenvalue weighted by molar-refractivity contribution is -0.145. The van der Waals surface area contributed by atoms with Crippen molar-refractivity contribution in [2.45, 2.75) is 19.3 Å². The van der Waals surface area contributed by atoms with Crippen LogP contribution >= 0.6 is 12.2 Å². The van der Waals surface area contributed by atoms with Crippen molar-refractivity contribution in [3.8, 4) is 0 Å². The Labute approximate surface area is 92.7 Å². The van der Waals surface area contributed by atoms with Gasteiger partial charge in [0, 0.05) is 11.9 Å². The Balaban J connectivity index is 2.24. The molecule has 80 valence electrons. The van der Waals surface area contributed by atoms with E-state index in [1.165, 1.54) is 7.11 Å². The number of carbonyl (C=O) groups excluding carboxylic acids is 1. The maximum atomic E-state index is 11.4. The zero-order chi connectivity index (χ0) is 10.8. The number of rotatable bonds is 1. The van der Waals surface area contributed by atoms with Crippen LogP contribution in [0.15, 0.2) is 6.20 Å². The van der Waals surface area contributed by atoms with Crippen LogP contribution in [0.3, 0.4) is 0 Å². The highest BCUT2D eigenvalue weighted by Gasteiger charge is 2.25. The van der Waals surface area contributed by atoms with Gasteiger partial charge in [0.25, 0.3) is 0 Å². The van der Waals surface area contributed by atoms with E-state index < -0.39 is 0 Å². The average Bonchev–Trinajstić information content (AvgIpc) is 2.27. The van der Waals surface area contributed by atoms with Crippen LogP contribution in [0.25, 0.3) is 0 Å². The third kappa shape index (κ3) is 2.07. The van der Waals surface area contributed by atoms with Crippen molar-refractivity contribution in [2.75, 3.05) is 7.11 Å². The molecule has 0 fully saturated rings. The van der Waals surface area contributed by atoms with E-state index in [4.69, 9.17) is 17.0 Å². The summed E-state index contributed by atoms with van der Waals surface area (Å²) in [6.45, 7) is 0. The van der Waals surface area contributed by atoms with Crippen LogP contribution in [0.1, 0.15) is 17.7 Å². The van der Waals surface area contributed by atoms with Crippen LogP contribution in [0.5, 0.6) is 0 Å². The zero-order valence-corrected chi connectivity index (χ0v) is 9.26. The number of carbonyl (C=O) groups is 1. The highest BCUT2D eigenvalue weighted by Crippen LogP contribution is 2.24. The number of aromatic amines is 1. The third-order valence-corrected chi connectivity index (χ3v) is 2.93. The molecule has 1 heterocycles. The molecule has 5 heteroatoms. The average molecular weight is 224 g/mol. The summed E-state index contributed by atoms with van der Waals surface area (Å²) in [7, 11) is 1.43. The summed E-state index contributed by atoms with van der Waals surface area (Å²) in [6.07, 6.45) is 4.10. The second kappa shape index (κ2) is 4.10. The second-order valence-corrected chi connectivity index (χ2v) is 4.04. The van der Waals surface area contributed by atoms with Gasteiger partial charge in [-0.1, -0.05) is 0 Å². The van der Waals surface area contributed by atoms with Crippen molar-refractivity contribution in [3.63, 3.8) is 0 Å². The summed E-state index contributed by atoms with van der Waals surface area (Å²) >= 11 is 4.94. The van der Waals surface area contributed by atoms with Gasteiger partial charge < -0.3 is 9.72 Å². The number of methoxy groups -OCH3 is 1. The molecule has 0 bridgehead atoms. The Bertz CT molecular complexity index is 441. The fourth-order valence-electron chi connectivity index (χ4n) is 1.91. The predicted octanol–water partition coefficient (Wildman–Crippen LogP) is 1.42. The molecule has 15 heavy (non-hydrogen) atoms. The Morgan fingerprint density at radius 3 is 3.27 bits per heavy atom. The molecule has 0 spiro atoms. The number of nitrogens with one attached hydrogen (secondary N) is 1. The van der Waals surface area contributed by atoms with Gasteiger partial charge in [0.1, 0.15) is 0 Å². The largest absolute Gasteiger partial charge is 0.469 e. The van der Waals surface area contributed by atoms with Crippen LogP contribution in [0.2, 0.25) is 0 Å². The topological polar surface area (TPSA) is 55.0 Å². The Kier molecular flexibility index (Phi) is 2.81. The van der Waals surface area contributed by atoms with Gasteiger partial charge in [-0.05, 0) is 37.0 Å². The number of aromatic nitrogens is 2. The number of aryl methyl sites for hydroxylation is 1. The molecule has 2 rings (SSSR count). The first kappa shape index (κ1) is 10.3. The highest BCUT2D eigenvalue weighted by atomic mass is 32.1. The van der Waals surface area contributed by atoms with Gasteiger partial charge in [-0.25, -0.2) is 4.98 Å². The van der Waals surface area contributed by atoms with E-state index >= 15 is 0 Å². The number of hydrogen-bond donors (Lipinski definition) is 1. The summed E-state index contributed by atoms with van der Waals surface area (Å²) in [5.74, 6) is -0.170. The van der Waals surface area contributed by atoms with Gasteiger partial charge in [0.05, 0.1) is 13.0 Å². The van der Waals surface area contributed by atoms with E-state index in [2.05, 4.69) is 9.97 Å². The van der Waals surface area contributed by atoms with Crippen LogP contribution in [-0.4, -0.2) is 23.0 Å².